The third-order valence-corrected chi connectivity index (χ3v) is 5.69. The van der Waals surface area contributed by atoms with E-state index in [2.05, 4.69) is 0 Å². The van der Waals surface area contributed by atoms with Crippen molar-refractivity contribution < 1.29 is 39.9 Å². The van der Waals surface area contributed by atoms with Crippen LogP contribution < -0.4 is 0 Å². The second-order valence-corrected chi connectivity index (χ2v) is 8.78. The fourth-order valence-electron chi connectivity index (χ4n) is 3.96. The number of hydrogen-bond donors (Lipinski definition) is 5. The minimum Gasteiger partial charge on any atom is -0.508 e. The molecule has 0 spiro atoms. The van der Waals surface area contributed by atoms with E-state index in [1.807, 2.05) is 19.1 Å². The van der Waals surface area contributed by atoms with Crippen LogP contribution in [0.3, 0.4) is 0 Å². The first-order chi connectivity index (χ1) is 17.1. The molecule has 0 heterocycles. The molecule has 0 saturated heterocycles. The molecule has 2 aromatic rings. The van der Waals surface area contributed by atoms with Crippen LogP contribution in [0.25, 0.3) is 0 Å². The number of phenolic OH excluding ortho intramolecular Hbond substituents is 2. The number of carbonyl (C=O) groups is 3. The van der Waals surface area contributed by atoms with Gasteiger partial charge in [-0.1, -0.05) is 37.6 Å². The predicted octanol–water partition coefficient (Wildman–Crippen LogP) is 2.54. The number of carboxylic acids is 3. The van der Waals surface area contributed by atoms with Gasteiger partial charge in [0.15, 0.2) is 0 Å². The van der Waals surface area contributed by atoms with Crippen LogP contribution >= 0.6 is 0 Å². The highest BCUT2D eigenvalue weighted by Crippen LogP contribution is 2.23. The van der Waals surface area contributed by atoms with Crippen LogP contribution in [0.5, 0.6) is 11.5 Å². The lowest BCUT2D eigenvalue weighted by atomic mass is 10.0. The monoisotopic (exact) mass is 502 g/mol. The molecule has 0 aliphatic heterocycles. The van der Waals surface area contributed by atoms with Gasteiger partial charge in [0.2, 0.25) is 0 Å². The summed E-state index contributed by atoms with van der Waals surface area (Å²) in [5.41, 5.74) is 2.78. The summed E-state index contributed by atoms with van der Waals surface area (Å²) in [5.74, 6) is -3.04. The first kappa shape index (κ1) is 28.6. The average molecular weight is 503 g/mol. The van der Waals surface area contributed by atoms with Crippen LogP contribution in [0.15, 0.2) is 36.4 Å². The van der Waals surface area contributed by atoms with E-state index in [-0.39, 0.29) is 63.6 Å². The number of phenols is 2. The average Bonchev–Trinajstić information content (AvgIpc) is 2.79. The maximum Gasteiger partial charge on any atom is 0.317 e. The van der Waals surface area contributed by atoms with Gasteiger partial charge in [-0.15, -0.1) is 0 Å². The molecule has 2 rings (SSSR count). The van der Waals surface area contributed by atoms with Crippen molar-refractivity contribution in [2.24, 2.45) is 0 Å². The minimum atomic E-state index is -1.08. The summed E-state index contributed by atoms with van der Waals surface area (Å²) in [6.07, 6.45) is 1.96. The molecule has 10 nitrogen and oxygen atoms in total. The van der Waals surface area contributed by atoms with E-state index in [4.69, 9.17) is 5.11 Å². The van der Waals surface area contributed by atoms with E-state index in [1.165, 1.54) is 6.07 Å². The Bertz CT molecular complexity index is 1060. The maximum atomic E-state index is 11.5. The van der Waals surface area contributed by atoms with Crippen molar-refractivity contribution >= 4 is 17.9 Å². The second-order valence-electron chi connectivity index (χ2n) is 8.78. The van der Waals surface area contributed by atoms with Crippen molar-refractivity contribution in [1.29, 1.82) is 0 Å². The van der Waals surface area contributed by atoms with E-state index in [0.717, 1.165) is 18.4 Å². The number of aryl methyl sites for hydroxylation is 2. The third-order valence-electron chi connectivity index (χ3n) is 5.69. The van der Waals surface area contributed by atoms with Crippen molar-refractivity contribution in [3.05, 3.63) is 58.7 Å². The molecule has 36 heavy (non-hydrogen) atoms. The van der Waals surface area contributed by atoms with Gasteiger partial charge < -0.3 is 25.5 Å². The Morgan fingerprint density at radius 3 is 1.53 bits per heavy atom. The molecular formula is C26H34N2O8. The molecule has 0 aliphatic rings. The van der Waals surface area contributed by atoms with E-state index in [1.54, 1.807) is 28.0 Å². The van der Waals surface area contributed by atoms with Gasteiger partial charge in [0.25, 0.3) is 0 Å². The smallest absolute Gasteiger partial charge is 0.317 e. The Morgan fingerprint density at radius 1 is 0.694 bits per heavy atom. The fraction of sp³-hybridized carbons (Fsp3) is 0.423. The zero-order chi connectivity index (χ0) is 26.7. The Kier molecular flexibility index (Phi) is 11.2. The number of aliphatic carboxylic acids is 3. The van der Waals surface area contributed by atoms with Gasteiger partial charge in [-0.25, -0.2) is 0 Å². The Labute approximate surface area is 210 Å². The molecule has 0 fully saturated rings. The van der Waals surface area contributed by atoms with Gasteiger partial charge in [-0.2, -0.15) is 0 Å². The lowest BCUT2D eigenvalue weighted by Crippen LogP contribution is -2.39. The van der Waals surface area contributed by atoms with Crippen LogP contribution in [-0.2, 0) is 40.3 Å². The third kappa shape index (κ3) is 9.93. The van der Waals surface area contributed by atoms with Gasteiger partial charge in [0.1, 0.15) is 11.5 Å². The first-order valence-electron chi connectivity index (χ1n) is 11.8. The highest BCUT2D eigenvalue weighted by molar-refractivity contribution is 5.69. The van der Waals surface area contributed by atoms with Crippen molar-refractivity contribution in [2.45, 2.75) is 45.7 Å². The Balaban J connectivity index is 2.16. The summed E-state index contributed by atoms with van der Waals surface area (Å²) in [6.45, 7) is 2.05. The molecule has 0 bridgehead atoms. The Morgan fingerprint density at radius 2 is 1.14 bits per heavy atom. The molecule has 0 atom stereocenters. The van der Waals surface area contributed by atoms with Crippen LogP contribution in [0.2, 0.25) is 0 Å². The molecule has 0 aliphatic carbocycles. The van der Waals surface area contributed by atoms with Crippen LogP contribution in [0, 0.1) is 0 Å². The van der Waals surface area contributed by atoms with Crippen LogP contribution in [-0.4, -0.2) is 79.4 Å². The molecule has 5 N–H and O–H groups in total. The molecule has 196 valence electrons. The SMILES string of the molecule is CCCc1ccc(O)c(CN(CCN(CC(=O)O)Cc2cc(CCC(=O)O)ccc2O)CC(=O)O)c1. The zero-order valence-electron chi connectivity index (χ0n) is 20.4. The lowest BCUT2D eigenvalue weighted by molar-refractivity contribution is -0.140. The molecule has 2 aromatic carbocycles. The molecule has 0 aromatic heterocycles. The highest BCUT2D eigenvalue weighted by atomic mass is 16.4. The highest BCUT2D eigenvalue weighted by Gasteiger charge is 2.18. The molecule has 0 saturated carbocycles. The number of aromatic hydroxyl groups is 2. The number of carboxylic acid groups (broad SMARTS) is 3. The van der Waals surface area contributed by atoms with Crippen LogP contribution in [0.4, 0.5) is 0 Å². The van der Waals surface area contributed by atoms with E-state index in [9.17, 15) is 34.8 Å². The van der Waals surface area contributed by atoms with Crippen molar-refractivity contribution in [2.75, 3.05) is 26.2 Å². The van der Waals surface area contributed by atoms with E-state index < -0.39 is 17.9 Å². The quantitative estimate of drug-likeness (QED) is 0.231. The zero-order valence-corrected chi connectivity index (χ0v) is 20.4. The first-order valence-corrected chi connectivity index (χ1v) is 11.8. The van der Waals surface area contributed by atoms with Gasteiger partial charge >= 0.3 is 17.9 Å². The number of nitrogens with zero attached hydrogens (tertiary/aromatic N) is 2. The van der Waals surface area contributed by atoms with Gasteiger partial charge in [-0.05, 0) is 36.1 Å². The summed E-state index contributed by atoms with van der Waals surface area (Å²) < 4.78 is 0. The Hall–Kier alpha value is -3.63. The topological polar surface area (TPSA) is 159 Å². The molecule has 0 amide bonds. The van der Waals surface area contributed by atoms with Gasteiger partial charge in [-0.3, -0.25) is 24.2 Å². The normalized spacial score (nSPS) is 11.2. The van der Waals surface area contributed by atoms with Crippen molar-refractivity contribution in [1.82, 2.24) is 9.80 Å². The summed E-state index contributed by atoms with van der Waals surface area (Å²) in [6, 6.07) is 10.00. The van der Waals surface area contributed by atoms with Gasteiger partial charge in [0.05, 0.1) is 13.1 Å². The molecule has 10 heteroatoms. The minimum absolute atomic E-state index is 0.0375. The standard InChI is InChI=1S/C26H34N2O8/c1-2-3-18-4-7-22(29)20(12-18)14-27(16-25(33)34)10-11-28(17-26(35)36)15-21-13-19(5-8-23(21)30)6-9-24(31)32/h4-5,7-8,12-13,29-30H,2-3,6,9-11,14-17H2,1H3,(H,31,32)(H,33,34)(H,35,36). The van der Waals surface area contributed by atoms with E-state index >= 15 is 0 Å². The van der Waals surface area contributed by atoms with Crippen molar-refractivity contribution in [3.63, 3.8) is 0 Å². The molecule has 0 unspecified atom stereocenters. The summed E-state index contributed by atoms with van der Waals surface area (Å²) >= 11 is 0. The maximum absolute atomic E-state index is 11.5. The second kappa shape index (κ2) is 14.1. The summed E-state index contributed by atoms with van der Waals surface area (Å²) in [7, 11) is 0. The van der Waals surface area contributed by atoms with E-state index in [0.29, 0.717) is 16.7 Å². The summed E-state index contributed by atoms with van der Waals surface area (Å²) in [5, 5.41) is 48.2. The summed E-state index contributed by atoms with van der Waals surface area (Å²) in [4.78, 5) is 37.0. The number of hydrogen-bond acceptors (Lipinski definition) is 7. The molecule has 0 radical (unpaired) electrons. The fourth-order valence-corrected chi connectivity index (χ4v) is 3.96. The molecular weight excluding hydrogens is 468 g/mol. The number of benzene rings is 2. The lowest BCUT2D eigenvalue weighted by Gasteiger charge is -2.26. The van der Waals surface area contributed by atoms with Gasteiger partial charge in [0, 0.05) is 43.7 Å². The van der Waals surface area contributed by atoms with Crippen LogP contribution in [0.1, 0.15) is 42.0 Å². The largest absolute Gasteiger partial charge is 0.508 e. The van der Waals surface area contributed by atoms with Crippen molar-refractivity contribution in [3.8, 4) is 11.5 Å². The predicted molar refractivity (Wildman–Crippen MR) is 132 cm³/mol. The number of rotatable bonds is 16.